The minimum atomic E-state index is -0.230. The fourth-order valence-corrected chi connectivity index (χ4v) is 4.52. The minimum Gasteiger partial charge on any atom is -0.497 e. The van der Waals surface area contributed by atoms with Gasteiger partial charge in [0, 0.05) is 17.3 Å². The van der Waals surface area contributed by atoms with Crippen LogP contribution in [0.15, 0.2) is 54.6 Å². The molecule has 0 atom stereocenters. The molecule has 0 spiro atoms. The van der Waals surface area contributed by atoms with E-state index in [9.17, 15) is 9.59 Å². The van der Waals surface area contributed by atoms with Crippen LogP contribution in [0.4, 0.5) is 0 Å². The molecule has 6 heteroatoms. The van der Waals surface area contributed by atoms with E-state index in [0.29, 0.717) is 23.4 Å². The summed E-state index contributed by atoms with van der Waals surface area (Å²) in [5, 5.41) is 1.96. The van der Waals surface area contributed by atoms with Crippen LogP contribution in [0.3, 0.4) is 0 Å². The number of nitrogens with zero attached hydrogens (tertiary/aromatic N) is 2. The van der Waals surface area contributed by atoms with Crippen LogP contribution in [-0.2, 0) is 0 Å². The number of hydrogen-bond acceptors (Lipinski definition) is 4. The zero-order valence-electron chi connectivity index (χ0n) is 18.3. The number of methoxy groups -OCH3 is 2. The van der Waals surface area contributed by atoms with E-state index < -0.39 is 0 Å². The fourth-order valence-electron chi connectivity index (χ4n) is 4.52. The maximum Gasteiger partial charge on any atom is 0.263 e. The van der Waals surface area contributed by atoms with E-state index in [-0.39, 0.29) is 11.8 Å². The van der Waals surface area contributed by atoms with Crippen molar-refractivity contribution in [3.8, 4) is 17.2 Å². The number of fused-ring (bicyclic) bond motifs is 4. The van der Waals surface area contributed by atoms with Gasteiger partial charge < -0.3 is 14.0 Å². The molecule has 3 aromatic carbocycles. The van der Waals surface area contributed by atoms with Gasteiger partial charge in [0.25, 0.3) is 11.8 Å². The Kier molecular flexibility index (Phi) is 4.85. The van der Waals surface area contributed by atoms with Crippen LogP contribution in [-0.4, -0.2) is 42.0 Å². The van der Waals surface area contributed by atoms with E-state index >= 15 is 0 Å². The lowest BCUT2D eigenvalue weighted by atomic mass is 10.1. The molecule has 0 bridgehead atoms. The SMILES string of the molecule is CCCCN1C(=O)c2cccc(-n3c4ccc(OC)cc4c4cc(OC)ccc43)c2C1=O. The first-order valence-corrected chi connectivity index (χ1v) is 10.7. The Morgan fingerprint density at radius 3 is 2.00 bits per heavy atom. The third kappa shape index (κ3) is 2.87. The summed E-state index contributed by atoms with van der Waals surface area (Å²) in [4.78, 5) is 27.7. The molecule has 0 aliphatic carbocycles. The van der Waals surface area contributed by atoms with Gasteiger partial charge in [-0.15, -0.1) is 0 Å². The van der Waals surface area contributed by atoms with Gasteiger partial charge in [0.2, 0.25) is 0 Å². The zero-order valence-corrected chi connectivity index (χ0v) is 18.3. The molecule has 1 aliphatic rings. The molecule has 0 saturated carbocycles. The van der Waals surface area contributed by atoms with Crippen molar-refractivity contribution < 1.29 is 19.1 Å². The molecule has 0 unspecified atom stereocenters. The highest BCUT2D eigenvalue weighted by molar-refractivity contribution is 6.23. The predicted molar refractivity (Wildman–Crippen MR) is 124 cm³/mol. The third-order valence-electron chi connectivity index (χ3n) is 6.13. The van der Waals surface area contributed by atoms with Crippen LogP contribution in [0.2, 0.25) is 0 Å². The monoisotopic (exact) mass is 428 g/mol. The second-order valence-electron chi connectivity index (χ2n) is 7.92. The smallest absolute Gasteiger partial charge is 0.263 e. The maximum absolute atomic E-state index is 13.4. The number of unbranched alkanes of at least 4 members (excludes halogenated alkanes) is 1. The Labute approximate surface area is 185 Å². The Morgan fingerprint density at radius 2 is 1.44 bits per heavy atom. The molecule has 0 fully saturated rings. The third-order valence-corrected chi connectivity index (χ3v) is 6.13. The van der Waals surface area contributed by atoms with Crippen molar-refractivity contribution in [2.45, 2.75) is 19.8 Å². The standard InChI is InChI=1S/C26H24N2O4/c1-4-5-13-27-25(29)18-7-6-8-23(24(18)26(27)30)28-21-11-9-16(31-2)14-19(21)20-15-17(32-3)10-12-22(20)28/h6-12,14-15H,4-5,13H2,1-3H3. The van der Waals surface area contributed by atoms with E-state index in [1.54, 1.807) is 20.3 Å². The van der Waals surface area contributed by atoms with Gasteiger partial charge in [0.05, 0.1) is 42.1 Å². The number of aromatic nitrogens is 1. The van der Waals surface area contributed by atoms with Crippen molar-refractivity contribution >= 4 is 33.6 Å². The van der Waals surface area contributed by atoms with Crippen molar-refractivity contribution in [1.82, 2.24) is 9.47 Å². The van der Waals surface area contributed by atoms with Crippen molar-refractivity contribution in [3.63, 3.8) is 0 Å². The van der Waals surface area contributed by atoms with E-state index in [4.69, 9.17) is 9.47 Å². The van der Waals surface area contributed by atoms with Crippen molar-refractivity contribution in [2.24, 2.45) is 0 Å². The quantitative estimate of drug-likeness (QED) is 0.396. The molecule has 0 saturated heterocycles. The Hall–Kier alpha value is -3.80. The number of imide groups is 1. The zero-order chi connectivity index (χ0) is 22.4. The van der Waals surface area contributed by atoms with Gasteiger partial charge in [0.15, 0.2) is 0 Å². The maximum atomic E-state index is 13.4. The first kappa shape index (κ1) is 20.1. The molecule has 6 nitrogen and oxygen atoms in total. The highest BCUT2D eigenvalue weighted by atomic mass is 16.5. The number of rotatable bonds is 6. The van der Waals surface area contributed by atoms with Gasteiger partial charge in [-0.1, -0.05) is 19.4 Å². The van der Waals surface area contributed by atoms with E-state index in [1.165, 1.54) is 4.90 Å². The van der Waals surface area contributed by atoms with Crippen LogP contribution < -0.4 is 9.47 Å². The summed E-state index contributed by atoms with van der Waals surface area (Å²) in [6, 6.07) is 17.2. The van der Waals surface area contributed by atoms with Gasteiger partial charge in [-0.25, -0.2) is 0 Å². The summed E-state index contributed by atoms with van der Waals surface area (Å²) >= 11 is 0. The van der Waals surface area contributed by atoms with Gasteiger partial charge in [0.1, 0.15) is 11.5 Å². The molecule has 2 amide bonds. The average molecular weight is 428 g/mol. The van der Waals surface area contributed by atoms with E-state index in [0.717, 1.165) is 46.1 Å². The largest absolute Gasteiger partial charge is 0.497 e. The van der Waals surface area contributed by atoms with E-state index in [1.807, 2.05) is 55.5 Å². The van der Waals surface area contributed by atoms with Crippen LogP contribution >= 0.6 is 0 Å². The van der Waals surface area contributed by atoms with E-state index in [2.05, 4.69) is 4.57 Å². The second kappa shape index (κ2) is 7.71. The Balaban J connectivity index is 1.81. The first-order valence-electron chi connectivity index (χ1n) is 10.7. The lowest BCUT2D eigenvalue weighted by molar-refractivity contribution is 0.0652. The molecular formula is C26H24N2O4. The molecule has 0 radical (unpaired) electrons. The Morgan fingerprint density at radius 1 is 0.812 bits per heavy atom. The summed E-state index contributed by atoms with van der Waals surface area (Å²) in [7, 11) is 3.28. The van der Waals surface area contributed by atoms with Crippen LogP contribution in [0.25, 0.3) is 27.5 Å². The lowest BCUT2D eigenvalue weighted by Crippen LogP contribution is -2.30. The molecule has 1 aromatic heterocycles. The summed E-state index contributed by atoms with van der Waals surface area (Å²) in [6.07, 6.45) is 1.70. The molecule has 162 valence electrons. The van der Waals surface area contributed by atoms with Crippen molar-refractivity contribution in [1.29, 1.82) is 0 Å². The fraction of sp³-hybridized carbons (Fsp3) is 0.231. The number of amides is 2. The molecule has 4 aromatic rings. The van der Waals surface area contributed by atoms with Crippen molar-refractivity contribution in [3.05, 3.63) is 65.7 Å². The molecule has 5 rings (SSSR count). The van der Waals surface area contributed by atoms with Gasteiger partial charge >= 0.3 is 0 Å². The van der Waals surface area contributed by atoms with Gasteiger partial charge in [-0.3, -0.25) is 14.5 Å². The van der Waals surface area contributed by atoms with Crippen LogP contribution in [0.5, 0.6) is 11.5 Å². The number of carbonyl (C=O) groups is 2. The van der Waals surface area contributed by atoms with Gasteiger partial charge in [-0.2, -0.15) is 0 Å². The summed E-state index contributed by atoms with van der Waals surface area (Å²) < 4.78 is 13.0. The molecule has 32 heavy (non-hydrogen) atoms. The summed E-state index contributed by atoms with van der Waals surface area (Å²) in [5.74, 6) is 1.04. The number of hydrogen-bond donors (Lipinski definition) is 0. The Bertz CT molecular complexity index is 1320. The lowest BCUT2D eigenvalue weighted by Gasteiger charge is -2.14. The second-order valence-corrected chi connectivity index (χ2v) is 7.92. The highest BCUT2D eigenvalue weighted by Crippen LogP contribution is 2.38. The normalized spacial score (nSPS) is 13.3. The molecule has 0 N–H and O–H groups in total. The predicted octanol–water partition coefficient (Wildman–Crippen LogP) is 5.20. The molecular weight excluding hydrogens is 404 g/mol. The minimum absolute atomic E-state index is 0.218. The average Bonchev–Trinajstić information content (AvgIpc) is 3.28. The highest BCUT2D eigenvalue weighted by Gasteiger charge is 2.37. The molecule has 1 aliphatic heterocycles. The number of ether oxygens (including phenoxy) is 2. The first-order chi connectivity index (χ1) is 15.6. The molecule has 2 heterocycles. The van der Waals surface area contributed by atoms with Crippen molar-refractivity contribution in [2.75, 3.05) is 20.8 Å². The van der Waals surface area contributed by atoms with Crippen LogP contribution in [0.1, 0.15) is 40.5 Å². The number of benzene rings is 3. The summed E-state index contributed by atoms with van der Waals surface area (Å²) in [6.45, 7) is 2.48. The van der Waals surface area contributed by atoms with Gasteiger partial charge in [-0.05, 0) is 55.0 Å². The summed E-state index contributed by atoms with van der Waals surface area (Å²) in [5.41, 5.74) is 3.47. The number of carbonyl (C=O) groups excluding carboxylic acids is 2. The topological polar surface area (TPSA) is 60.8 Å². The van der Waals surface area contributed by atoms with Crippen LogP contribution in [0, 0.1) is 0 Å².